The molecule has 0 spiro atoms. The summed E-state index contributed by atoms with van der Waals surface area (Å²) >= 11 is 0. The predicted octanol–water partition coefficient (Wildman–Crippen LogP) is 0.755. The lowest BCUT2D eigenvalue weighted by atomic mass is 10.1. The Hall–Kier alpha value is -1.84. The van der Waals surface area contributed by atoms with Gasteiger partial charge in [0.25, 0.3) is 0 Å². The number of aromatic nitrogens is 1. The molecule has 72 valence electrons. The number of nitrogens with zero attached hydrogens (tertiary/aromatic N) is 1. The van der Waals surface area contributed by atoms with Crippen LogP contribution >= 0.6 is 0 Å². The molecule has 0 saturated carbocycles. The average molecular weight is 189 g/mol. The van der Waals surface area contributed by atoms with Crippen molar-refractivity contribution in [1.29, 1.82) is 0 Å². The molecule has 0 aliphatic carbocycles. The number of hydrazine groups is 1. The summed E-state index contributed by atoms with van der Waals surface area (Å²) in [6.45, 7) is 1.94. The summed E-state index contributed by atoms with van der Waals surface area (Å²) in [5.74, 6) is -0.0182. The molecule has 1 amide bonds. The van der Waals surface area contributed by atoms with Crippen LogP contribution < -0.4 is 10.9 Å². The molecule has 0 bridgehead atoms. The van der Waals surface area contributed by atoms with Crippen molar-refractivity contribution in [3.8, 4) is 0 Å². The minimum absolute atomic E-state index is 0.0182. The fourth-order valence-corrected chi connectivity index (χ4v) is 1.38. The van der Waals surface area contributed by atoms with Gasteiger partial charge < -0.3 is 0 Å². The van der Waals surface area contributed by atoms with Crippen LogP contribution in [-0.2, 0) is 4.79 Å². The van der Waals surface area contributed by atoms with Crippen molar-refractivity contribution in [2.24, 2.45) is 0 Å². The van der Waals surface area contributed by atoms with Gasteiger partial charge in [-0.25, -0.2) is 0 Å². The number of hydrogen-bond acceptors (Lipinski definition) is 3. The van der Waals surface area contributed by atoms with Crippen molar-refractivity contribution in [2.45, 2.75) is 13.3 Å². The first-order chi connectivity index (χ1) is 6.77. The zero-order valence-electron chi connectivity index (χ0n) is 7.87. The quantitative estimate of drug-likeness (QED) is 0.685. The average Bonchev–Trinajstić information content (AvgIpc) is 2.20. The van der Waals surface area contributed by atoms with Gasteiger partial charge in [-0.2, -0.15) is 0 Å². The largest absolute Gasteiger partial charge is 0.298 e. The maximum absolute atomic E-state index is 10.9. The molecule has 2 N–H and O–H groups in total. The molecule has 0 radical (unpaired) electrons. The first kappa shape index (κ1) is 8.74. The van der Waals surface area contributed by atoms with E-state index in [0.29, 0.717) is 6.42 Å². The fourth-order valence-electron chi connectivity index (χ4n) is 1.38. The van der Waals surface area contributed by atoms with E-state index in [1.54, 1.807) is 6.20 Å². The summed E-state index contributed by atoms with van der Waals surface area (Å²) in [6.07, 6.45) is 4.03. The molecule has 1 aliphatic rings. The van der Waals surface area contributed by atoms with Gasteiger partial charge >= 0.3 is 0 Å². The highest BCUT2D eigenvalue weighted by atomic mass is 16.2. The highest BCUT2D eigenvalue weighted by Gasteiger charge is 2.11. The van der Waals surface area contributed by atoms with E-state index in [4.69, 9.17) is 0 Å². The zero-order chi connectivity index (χ0) is 9.97. The van der Waals surface area contributed by atoms with Crippen LogP contribution in [0.5, 0.6) is 0 Å². The molecule has 1 aliphatic heterocycles. The summed E-state index contributed by atoms with van der Waals surface area (Å²) in [6, 6.07) is 3.85. The number of rotatable bonds is 1. The van der Waals surface area contributed by atoms with E-state index in [-0.39, 0.29) is 5.91 Å². The van der Waals surface area contributed by atoms with Crippen LogP contribution in [0.25, 0.3) is 5.70 Å². The lowest BCUT2D eigenvalue weighted by Crippen LogP contribution is -2.39. The van der Waals surface area contributed by atoms with Crippen molar-refractivity contribution in [3.63, 3.8) is 0 Å². The van der Waals surface area contributed by atoms with E-state index in [0.717, 1.165) is 17.0 Å². The van der Waals surface area contributed by atoms with Crippen molar-refractivity contribution in [3.05, 3.63) is 35.7 Å². The van der Waals surface area contributed by atoms with Gasteiger partial charge in [0.1, 0.15) is 0 Å². The molecule has 0 unspecified atom stereocenters. The van der Waals surface area contributed by atoms with Crippen LogP contribution in [-0.4, -0.2) is 10.9 Å². The SMILES string of the molecule is Cc1ncccc1C1=CCC(=O)NN1. The molecule has 0 aromatic carbocycles. The van der Waals surface area contributed by atoms with Gasteiger partial charge in [0.2, 0.25) is 5.91 Å². The highest BCUT2D eigenvalue weighted by Crippen LogP contribution is 2.15. The second-order valence-corrected chi connectivity index (χ2v) is 3.13. The predicted molar refractivity (Wildman–Crippen MR) is 52.8 cm³/mol. The molecule has 4 nitrogen and oxygen atoms in total. The van der Waals surface area contributed by atoms with E-state index < -0.39 is 0 Å². The van der Waals surface area contributed by atoms with Gasteiger partial charge in [-0.05, 0) is 25.1 Å². The second-order valence-electron chi connectivity index (χ2n) is 3.13. The van der Waals surface area contributed by atoms with Crippen molar-refractivity contribution < 1.29 is 4.79 Å². The Kier molecular flexibility index (Phi) is 2.18. The lowest BCUT2D eigenvalue weighted by Gasteiger charge is -2.17. The first-order valence-electron chi connectivity index (χ1n) is 4.44. The molecule has 0 fully saturated rings. The number of nitrogens with one attached hydrogen (secondary N) is 2. The summed E-state index contributed by atoms with van der Waals surface area (Å²) < 4.78 is 0. The topological polar surface area (TPSA) is 54.0 Å². The van der Waals surface area contributed by atoms with Crippen molar-refractivity contribution in [2.75, 3.05) is 0 Å². The van der Waals surface area contributed by atoms with Gasteiger partial charge in [0.15, 0.2) is 0 Å². The molecule has 1 aromatic heterocycles. The Morgan fingerprint density at radius 2 is 2.29 bits per heavy atom. The van der Waals surface area contributed by atoms with E-state index >= 15 is 0 Å². The summed E-state index contributed by atoms with van der Waals surface area (Å²) in [5, 5.41) is 0. The van der Waals surface area contributed by atoms with Crippen LogP contribution in [0, 0.1) is 6.92 Å². The summed E-state index contributed by atoms with van der Waals surface area (Å²) in [4.78, 5) is 15.1. The minimum Gasteiger partial charge on any atom is -0.298 e. The molecule has 2 rings (SSSR count). The van der Waals surface area contributed by atoms with Crippen LogP contribution in [0.15, 0.2) is 24.4 Å². The lowest BCUT2D eigenvalue weighted by molar-refractivity contribution is -0.121. The molecule has 4 heteroatoms. The Morgan fingerprint density at radius 1 is 1.43 bits per heavy atom. The number of carbonyl (C=O) groups excluding carboxylic acids is 1. The third-order valence-corrected chi connectivity index (χ3v) is 2.13. The molecule has 0 atom stereocenters. The molecule has 2 heterocycles. The van der Waals surface area contributed by atoms with E-state index in [2.05, 4.69) is 15.8 Å². The maximum atomic E-state index is 10.9. The maximum Gasteiger partial charge on any atom is 0.242 e. The van der Waals surface area contributed by atoms with Crippen LogP contribution in [0.4, 0.5) is 0 Å². The van der Waals surface area contributed by atoms with E-state index in [1.165, 1.54) is 0 Å². The number of carbonyl (C=O) groups is 1. The Morgan fingerprint density at radius 3 is 2.93 bits per heavy atom. The Bertz CT molecular complexity index is 398. The van der Waals surface area contributed by atoms with Crippen LogP contribution in [0.3, 0.4) is 0 Å². The molecule has 14 heavy (non-hydrogen) atoms. The van der Waals surface area contributed by atoms with E-state index in [1.807, 2.05) is 25.1 Å². The molecular weight excluding hydrogens is 178 g/mol. The van der Waals surface area contributed by atoms with Crippen LogP contribution in [0.2, 0.25) is 0 Å². The molecule has 1 aromatic rings. The van der Waals surface area contributed by atoms with E-state index in [9.17, 15) is 4.79 Å². The fraction of sp³-hybridized carbons (Fsp3) is 0.200. The Labute approximate surface area is 82.0 Å². The first-order valence-corrected chi connectivity index (χ1v) is 4.44. The standard InChI is InChI=1S/C10H11N3O/c1-7-8(3-2-6-11-7)9-4-5-10(14)13-12-9/h2-4,6,12H,5H2,1H3,(H,13,14). The van der Waals surface area contributed by atoms with Gasteiger partial charge in [-0.15, -0.1) is 0 Å². The van der Waals surface area contributed by atoms with Crippen LogP contribution in [0.1, 0.15) is 17.7 Å². The third kappa shape index (κ3) is 1.59. The van der Waals surface area contributed by atoms with Crippen molar-refractivity contribution >= 4 is 11.6 Å². The van der Waals surface area contributed by atoms with Gasteiger partial charge in [-0.3, -0.25) is 20.6 Å². The highest BCUT2D eigenvalue weighted by molar-refractivity contribution is 5.83. The zero-order valence-corrected chi connectivity index (χ0v) is 7.87. The summed E-state index contributed by atoms with van der Waals surface area (Å²) in [7, 11) is 0. The van der Waals surface area contributed by atoms with Gasteiger partial charge in [0.05, 0.1) is 5.70 Å². The Balaban J connectivity index is 2.32. The van der Waals surface area contributed by atoms with Gasteiger partial charge in [0, 0.05) is 23.9 Å². The van der Waals surface area contributed by atoms with Gasteiger partial charge in [-0.1, -0.05) is 0 Å². The number of amides is 1. The minimum atomic E-state index is -0.0182. The summed E-state index contributed by atoms with van der Waals surface area (Å²) in [5.41, 5.74) is 8.30. The smallest absolute Gasteiger partial charge is 0.242 e. The molecule has 0 saturated heterocycles. The second kappa shape index (κ2) is 3.49. The number of pyridine rings is 1. The number of hydrogen-bond donors (Lipinski definition) is 2. The monoisotopic (exact) mass is 189 g/mol. The third-order valence-electron chi connectivity index (χ3n) is 2.13. The normalized spacial score (nSPS) is 15.5. The molecular formula is C10H11N3O. The van der Waals surface area contributed by atoms with Crippen molar-refractivity contribution in [1.82, 2.24) is 15.8 Å². The number of aryl methyl sites for hydroxylation is 1.